The Balaban J connectivity index is 2.28. The Morgan fingerprint density at radius 3 is 2.58 bits per heavy atom. The van der Waals surface area contributed by atoms with Gasteiger partial charge in [-0.2, -0.15) is 0 Å². The fraction of sp³-hybridized carbons (Fsp3) is 0.143. The maximum atomic E-state index is 10.8. The van der Waals surface area contributed by atoms with E-state index in [0.29, 0.717) is 11.6 Å². The summed E-state index contributed by atoms with van der Waals surface area (Å²) in [5.41, 5.74) is 1.82. The Morgan fingerprint density at radius 2 is 2.00 bits per heavy atom. The van der Waals surface area contributed by atoms with Crippen LogP contribution in [0.1, 0.15) is 21.6 Å². The van der Waals surface area contributed by atoms with Gasteiger partial charge in [0.2, 0.25) is 5.88 Å². The van der Waals surface area contributed by atoms with Crippen molar-refractivity contribution in [3.8, 4) is 11.6 Å². The second-order valence-electron chi connectivity index (χ2n) is 4.10. The number of nitrogens with zero attached hydrogens (tertiary/aromatic N) is 1. The van der Waals surface area contributed by atoms with Crippen LogP contribution in [0, 0.1) is 13.8 Å². The maximum absolute atomic E-state index is 10.8. The minimum atomic E-state index is -0.952. The van der Waals surface area contributed by atoms with E-state index in [0.717, 1.165) is 15.7 Å². The third kappa shape index (κ3) is 3.12. The molecule has 0 atom stereocenters. The first-order valence-corrected chi connectivity index (χ1v) is 6.41. The van der Waals surface area contributed by atoms with Crippen molar-refractivity contribution >= 4 is 21.9 Å². The van der Waals surface area contributed by atoms with E-state index in [1.807, 2.05) is 13.0 Å². The van der Waals surface area contributed by atoms with Gasteiger partial charge in [0.15, 0.2) is 0 Å². The molecule has 0 unspecified atom stereocenters. The van der Waals surface area contributed by atoms with Crippen molar-refractivity contribution in [2.24, 2.45) is 0 Å². The van der Waals surface area contributed by atoms with Crippen molar-refractivity contribution in [3.63, 3.8) is 0 Å². The fourth-order valence-electron chi connectivity index (χ4n) is 1.59. The number of aromatic carboxylic acids is 1. The van der Waals surface area contributed by atoms with Crippen LogP contribution in [0.3, 0.4) is 0 Å². The van der Waals surface area contributed by atoms with Crippen LogP contribution in [0.5, 0.6) is 11.6 Å². The molecule has 0 aliphatic rings. The number of benzene rings is 1. The molecule has 0 bridgehead atoms. The minimum Gasteiger partial charge on any atom is -0.478 e. The first kappa shape index (κ1) is 13.5. The molecular formula is C14H12BrNO3. The van der Waals surface area contributed by atoms with Crippen molar-refractivity contribution in [1.29, 1.82) is 0 Å². The van der Waals surface area contributed by atoms with Gasteiger partial charge in [0, 0.05) is 10.5 Å². The Morgan fingerprint density at radius 1 is 1.26 bits per heavy atom. The van der Waals surface area contributed by atoms with E-state index in [2.05, 4.69) is 20.9 Å². The molecule has 1 heterocycles. The summed E-state index contributed by atoms with van der Waals surface area (Å²) in [6.45, 7) is 3.67. The van der Waals surface area contributed by atoms with Gasteiger partial charge in [0.05, 0.1) is 11.3 Å². The topological polar surface area (TPSA) is 59.4 Å². The molecule has 0 amide bonds. The standard InChI is InChI=1S/C14H12BrNO3/c1-8-7-10(14(17)18)3-5-12(8)19-13-6-4-11(15)9(2)16-13/h3-7H,1-2H3,(H,17,18). The molecule has 2 rings (SSSR count). The third-order valence-corrected chi connectivity index (χ3v) is 3.47. The minimum absolute atomic E-state index is 0.241. The number of carboxylic acids is 1. The van der Waals surface area contributed by atoms with Gasteiger partial charge in [0.1, 0.15) is 5.75 Å². The van der Waals surface area contributed by atoms with Gasteiger partial charge in [-0.25, -0.2) is 9.78 Å². The summed E-state index contributed by atoms with van der Waals surface area (Å²) in [6.07, 6.45) is 0. The van der Waals surface area contributed by atoms with Gasteiger partial charge in [0.25, 0.3) is 0 Å². The summed E-state index contributed by atoms with van der Waals surface area (Å²) >= 11 is 3.37. The molecule has 0 aliphatic heterocycles. The molecule has 0 radical (unpaired) electrons. The predicted molar refractivity (Wildman–Crippen MR) is 74.9 cm³/mol. The number of carboxylic acid groups (broad SMARTS) is 1. The molecule has 19 heavy (non-hydrogen) atoms. The van der Waals surface area contributed by atoms with E-state index in [1.165, 1.54) is 6.07 Å². The van der Waals surface area contributed by atoms with Crippen LogP contribution >= 0.6 is 15.9 Å². The quantitative estimate of drug-likeness (QED) is 0.929. The van der Waals surface area contributed by atoms with Gasteiger partial charge in [-0.1, -0.05) is 0 Å². The van der Waals surface area contributed by atoms with Crippen molar-refractivity contribution in [3.05, 3.63) is 51.6 Å². The molecule has 0 saturated carbocycles. The van der Waals surface area contributed by atoms with E-state index in [4.69, 9.17) is 9.84 Å². The second-order valence-corrected chi connectivity index (χ2v) is 4.96. The largest absolute Gasteiger partial charge is 0.478 e. The number of pyridine rings is 1. The summed E-state index contributed by atoms with van der Waals surface area (Å²) in [4.78, 5) is 15.1. The van der Waals surface area contributed by atoms with Crippen LogP contribution < -0.4 is 4.74 Å². The first-order valence-electron chi connectivity index (χ1n) is 5.62. The zero-order chi connectivity index (χ0) is 14.0. The van der Waals surface area contributed by atoms with Crippen LogP contribution in [-0.2, 0) is 0 Å². The number of ether oxygens (including phenoxy) is 1. The highest BCUT2D eigenvalue weighted by atomic mass is 79.9. The van der Waals surface area contributed by atoms with Crippen molar-refractivity contribution in [1.82, 2.24) is 4.98 Å². The third-order valence-electron chi connectivity index (χ3n) is 2.63. The van der Waals surface area contributed by atoms with Crippen molar-refractivity contribution in [2.45, 2.75) is 13.8 Å². The van der Waals surface area contributed by atoms with Gasteiger partial charge >= 0.3 is 5.97 Å². The van der Waals surface area contributed by atoms with Crippen LogP contribution in [0.2, 0.25) is 0 Å². The Kier molecular flexibility index (Phi) is 3.85. The smallest absolute Gasteiger partial charge is 0.335 e. The maximum Gasteiger partial charge on any atom is 0.335 e. The molecule has 1 aromatic heterocycles. The average Bonchev–Trinajstić information content (AvgIpc) is 2.36. The highest BCUT2D eigenvalue weighted by Crippen LogP contribution is 2.26. The molecule has 1 N–H and O–H groups in total. The molecule has 1 aromatic carbocycles. The van der Waals surface area contributed by atoms with Gasteiger partial charge in [-0.15, -0.1) is 0 Å². The van der Waals surface area contributed by atoms with Gasteiger partial charge < -0.3 is 9.84 Å². The van der Waals surface area contributed by atoms with E-state index in [1.54, 1.807) is 25.1 Å². The predicted octanol–water partition coefficient (Wildman–Crippen LogP) is 3.95. The fourth-order valence-corrected chi connectivity index (χ4v) is 1.81. The molecular weight excluding hydrogens is 310 g/mol. The number of halogens is 1. The number of aromatic nitrogens is 1. The lowest BCUT2D eigenvalue weighted by molar-refractivity contribution is 0.0697. The molecule has 5 heteroatoms. The number of carbonyl (C=O) groups is 1. The van der Waals surface area contributed by atoms with Crippen LogP contribution in [0.4, 0.5) is 0 Å². The van der Waals surface area contributed by atoms with Crippen LogP contribution in [0.15, 0.2) is 34.8 Å². The van der Waals surface area contributed by atoms with Crippen LogP contribution in [0.25, 0.3) is 0 Å². The summed E-state index contributed by atoms with van der Waals surface area (Å²) in [7, 11) is 0. The molecule has 2 aromatic rings. The lowest BCUT2D eigenvalue weighted by atomic mass is 10.1. The lowest BCUT2D eigenvalue weighted by Crippen LogP contribution is -1.98. The number of hydrogen-bond donors (Lipinski definition) is 1. The zero-order valence-corrected chi connectivity index (χ0v) is 12.1. The first-order chi connectivity index (χ1) is 8.97. The molecule has 0 spiro atoms. The van der Waals surface area contributed by atoms with E-state index < -0.39 is 5.97 Å². The SMILES string of the molecule is Cc1cc(C(=O)O)ccc1Oc1ccc(Br)c(C)n1. The van der Waals surface area contributed by atoms with Crippen molar-refractivity contribution < 1.29 is 14.6 Å². The Labute approximate surface area is 119 Å². The molecule has 4 nitrogen and oxygen atoms in total. The number of hydrogen-bond acceptors (Lipinski definition) is 3. The van der Waals surface area contributed by atoms with Gasteiger partial charge in [-0.3, -0.25) is 0 Å². The van der Waals surface area contributed by atoms with Crippen molar-refractivity contribution in [2.75, 3.05) is 0 Å². The average molecular weight is 322 g/mol. The lowest BCUT2D eigenvalue weighted by Gasteiger charge is -2.09. The number of aryl methyl sites for hydroxylation is 2. The molecule has 98 valence electrons. The summed E-state index contributed by atoms with van der Waals surface area (Å²) in [5.74, 6) is 0.123. The van der Waals surface area contributed by atoms with E-state index >= 15 is 0 Å². The Hall–Kier alpha value is -1.88. The van der Waals surface area contributed by atoms with E-state index in [-0.39, 0.29) is 5.56 Å². The van der Waals surface area contributed by atoms with Gasteiger partial charge in [-0.05, 0) is 59.6 Å². The number of rotatable bonds is 3. The molecule has 0 fully saturated rings. The monoisotopic (exact) mass is 321 g/mol. The zero-order valence-electron chi connectivity index (χ0n) is 10.5. The van der Waals surface area contributed by atoms with E-state index in [9.17, 15) is 4.79 Å². The molecule has 0 aliphatic carbocycles. The Bertz CT molecular complexity index is 641. The summed E-state index contributed by atoms with van der Waals surface area (Å²) in [5, 5.41) is 8.90. The molecule has 0 saturated heterocycles. The van der Waals surface area contributed by atoms with Crippen LogP contribution in [-0.4, -0.2) is 16.1 Å². The highest BCUT2D eigenvalue weighted by Gasteiger charge is 2.08. The summed E-state index contributed by atoms with van der Waals surface area (Å²) in [6, 6.07) is 8.33. The summed E-state index contributed by atoms with van der Waals surface area (Å²) < 4.78 is 6.57. The normalized spacial score (nSPS) is 10.3. The highest BCUT2D eigenvalue weighted by molar-refractivity contribution is 9.10. The second kappa shape index (κ2) is 5.40.